The van der Waals surface area contributed by atoms with E-state index in [-0.39, 0.29) is 22.8 Å². The van der Waals surface area contributed by atoms with E-state index in [9.17, 15) is 19.7 Å². The number of anilines is 1. The fourth-order valence-electron chi connectivity index (χ4n) is 3.05. The van der Waals surface area contributed by atoms with Crippen molar-refractivity contribution in [2.75, 3.05) is 12.3 Å². The van der Waals surface area contributed by atoms with Crippen LogP contribution in [0, 0.1) is 10.1 Å². The Labute approximate surface area is 155 Å². The van der Waals surface area contributed by atoms with Crippen molar-refractivity contribution < 1.29 is 19.2 Å². The molecule has 1 aliphatic rings. The molecule has 27 heavy (non-hydrogen) atoms. The molecule has 0 fully saturated rings. The first-order chi connectivity index (χ1) is 12.9. The van der Waals surface area contributed by atoms with Gasteiger partial charge in [0.05, 0.1) is 10.5 Å². The lowest BCUT2D eigenvalue weighted by Crippen LogP contribution is -2.42. The van der Waals surface area contributed by atoms with Crippen LogP contribution in [-0.4, -0.2) is 34.3 Å². The molecule has 0 aromatic heterocycles. The van der Waals surface area contributed by atoms with Crippen LogP contribution >= 0.6 is 0 Å². The molecule has 1 heterocycles. The molecule has 1 aliphatic heterocycles. The van der Waals surface area contributed by atoms with Gasteiger partial charge in [0, 0.05) is 19.2 Å². The molecule has 1 atom stereocenters. The van der Waals surface area contributed by atoms with Gasteiger partial charge in [0.1, 0.15) is 5.69 Å². The Hall–Kier alpha value is -3.42. The summed E-state index contributed by atoms with van der Waals surface area (Å²) in [4.78, 5) is 36.8. The van der Waals surface area contributed by atoms with E-state index in [1.165, 1.54) is 24.6 Å². The van der Waals surface area contributed by atoms with E-state index in [1.807, 2.05) is 24.3 Å². The average Bonchev–Trinajstić information content (AvgIpc) is 2.66. The van der Waals surface area contributed by atoms with E-state index in [1.54, 1.807) is 4.90 Å². The zero-order chi connectivity index (χ0) is 19.6. The Bertz CT molecular complexity index is 912. The Balaban J connectivity index is 1.67. The summed E-state index contributed by atoms with van der Waals surface area (Å²) >= 11 is 0. The molecule has 0 radical (unpaired) electrons. The van der Waals surface area contributed by atoms with Gasteiger partial charge in [-0.05, 0) is 36.6 Å². The number of hydrogen-bond donors (Lipinski definition) is 1. The largest absolute Gasteiger partial charge is 0.449 e. The minimum absolute atomic E-state index is 0.0282. The van der Waals surface area contributed by atoms with Crippen LogP contribution in [0.1, 0.15) is 28.4 Å². The standard InChI is InChI=1S/C19H19N3O5/c1-12(18(23)21-9-8-13-4-2-3-5-15(13)11-21)27-19(24)14-6-7-16(20)17(10-14)22(25)26/h2-7,10,12H,8-9,11,20H2,1H3/t12-/m0/s1. The number of rotatable bonds is 4. The first-order valence-electron chi connectivity index (χ1n) is 8.47. The van der Waals surface area contributed by atoms with Gasteiger partial charge in [-0.25, -0.2) is 4.79 Å². The third-order valence-electron chi connectivity index (χ3n) is 4.54. The highest BCUT2D eigenvalue weighted by molar-refractivity contribution is 5.93. The summed E-state index contributed by atoms with van der Waals surface area (Å²) in [6.07, 6.45) is -0.258. The Morgan fingerprint density at radius 3 is 2.63 bits per heavy atom. The number of benzene rings is 2. The lowest BCUT2D eigenvalue weighted by molar-refractivity contribution is -0.383. The number of carbonyl (C=O) groups excluding carboxylic acids is 2. The number of nitro benzene ring substituents is 1. The van der Waals surface area contributed by atoms with Crippen molar-refractivity contribution in [2.24, 2.45) is 0 Å². The van der Waals surface area contributed by atoms with E-state index in [0.29, 0.717) is 13.1 Å². The normalized spacial score (nSPS) is 14.2. The Kier molecular flexibility index (Phi) is 5.07. The maximum atomic E-state index is 12.6. The third-order valence-corrected chi connectivity index (χ3v) is 4.54. The maximum Gasteiger partial charge on any atom is 0.339 e. The molecule has 0 unspecified atom stereocenters. The first kappa shape index (κ1) is 18.4. The molecular formula is C19H19N3O5. The molecule has 1 amide bonds. The second-order valence-electron chi connectivity index (χ2n) is 6.36. The van der Waals surface area contributed by atoms with Crippen molar-refractivity contribution in [2.45, 2.75) is 26.0 Å². The van der Waals surface area contributed by atoms with Gasteiger partial charge in [0.15, 0.2) is 6.10 Å². The van der Waals surface area contributed by atoms with E-state index >= 15 is 0 Å². The quantitative estimate of drug-likeness (QED) is 0.383. The number of ether oxygens (including phenoxy) is 1. The van der Waals surface area contributed by atoms with Crippen molar-refractivity contribution >= 4 is 23.3 Å². The highest BCUT2D eigenvalue weighted by Gasteiger charge is 2.27. The highest BCUT2D eigenvalue weighted by Crippen LogP contribution is 2.23. The molecular weight excluding hydrogens is 350 g/mol. The smallest absolute Gasteiger partial charge is 0.339 e. The van der Waals surface area contributed by atoms with Crippen LogP contribution in [0.3, 0.4) is 0 Å². The molecule has 0 spiro atoms. The zero-order valence-corrected chi connectivity index (χ0v) is 14.8. The van der Waals surface area contributed by atoms with Crippen LogP contribution in [-0.2, 0) is 22.5 Å². The van der Waals surface area contributed by atoms with Crippen LogP contribution in [0.15, 0.2) is 42.5 Å². The second kappa shape index (κ2) is 7.45. The van der Waals surface area contributed by atoms with Crippen LogP contribution in [0.5, 0.6) is 0 Å². The number of nitro groups is 1. The predicted octanol–water partition coefficient (Wildman–Crippen LogP) is 2.31. The predicted molar refractivity (Wildman–Crippen MR) is 97.9 cm³/mol. The van der Waals surface area contributed by atoms with Gasteiger partial charge < -0.3 is 15.4 Å². The molecule has 2 N–H and O–H groups in total. The molecule has 140 valence electrons. The van der Waals surface area contributed by atoms with E-state index < -0.39 is 17.0 Å². The topological polar surface area (TPSA) is 116 Å². The number of esters is 1. The maximum absolute atomic E-state index is 12.6. The molecule has 0 bridgehead atoms. The summed E-state index contributed by atoms with van der Waals surface area (Å²) in [7, 11) is 0. The number of nitrogens with two attached hydrogens (primary N) is 1. The average molecular weight is 369 g/mol. The van der Waals surface area contributed by atoms with Crippen LogP contribution in [0.4, 0.5) is 11.4 Å². The number of nitrogen functional groups attached to an aromatic ring is 1. The van der Waals surface area contributed by atoms with Crippen molar-refractivity contribution in [3.05, 3.63) is 69.3 Å². The number of carbonyl (C=O) groups is 2. The number of amides is 1. The minimum atomic E-state index is -1.00. The molecule has 8 nitrogen and oxygen atoms in total. The number of nitrogens with zero attached hydrogens (tertiary/aromatic N) is 2. The van der Waals surface area contributed by atoms with Gasteiger partial charge in [0.2, 0.25) is 0 Å². The summed E-state index contributed by atoms with van der Waals surface area (Å²) in [5.41, 5.74) is 7.35. The van der Waals surface area contributed by atoms with Gasteiger partial charge in [-0.1, -0.05) is 24.3 Å². The SMILES string of the molecule is C[C@H](OC(=O)c1ccc(N)c([N+](=O)[O-])c1)C(=O)N1CCc2ccccc2C1. The summed E-state index contributed by atoms with van der Waals surface area (Å²) in [5.74, 6) is -1.11. The van der Waals surface area contributed by atoms with Gasteiger partial charge >= 0.3 is 5.97 Å². The molecule has 8 heteroatoms. The summed E-state index contributed by atoms with van der Waals surface area (Å²) in [6, 6.07) is 11.5. The van der Waals surface area contributed by atoms with Crippen LogP contribution in [0.2, 0.25) is 0 Å². The minimum Gasteiger partial charge on any atom is -0.449 e. The van der Waals surface area contributed by atoms with Gasteiger partial charge in [-0.15, -0.1) is 0 Å². The lowest BCUT2D eigenvalue weighted by atomic mass is 9.99. The van der Waals surface area contributed by atoms with Crippen LogP contribution in [0.25, 0.3) is 0 Å². The van der Waals surface area contributed by atoms with Gasteiger partial charge in [0.25, 0.3) is 11.6 Å². The number of fused-ring (bicyclic) bond motifs is 1. The fraction of sp³-hybridized carbons (Fsp3) is 0.263. The van der Waals surface area contributed by atoms with Crippen molar-refractivity contribution in [3.8, 4) is 0 Å². The van der Waals surface area contributed by atoms with Crippen molar-refractivity contribution in [1.82, 2.24) is 4.90 Å². The first-order valence-corrected chi connectivity index (χ1v) is 8.47. The van der Waals surface area contributed by atoms with E-state index in [0.717, 1.165) is 18.1 Å². The van der Waals surface area contributed by atoms with Gasteiger partial charge in [-0.3, -0.25) is 14.9 Å². The number of hydrogen-bond acceptors (Lipinski definition) is 6. The van der Waals surface area contributed by atoms with Crippen molar-refractivity contribution in [1.29, 1.82) is 0 Å². The molecule has 0 aliphatic carbocycles. The summed E-state index contributed by atoms with van der Waals surface area (Å²) < 4.78 is 5.22. The lowest BCUT2D eigenvalue weighted by Gasteiger charge is -2.30. The molecule has 2 aromatic rings. The highest BCUT2D eigenvalue weighted by atomic mass is 16.6. The Morgan fingerprint density at radius 1 is 1.22 bits per heavy atom. The van der Waals surface area contributed by atoms with E-state index in [4.69, 9.17) is 10.5 Å². The molecule has 3 rings (SSSR count). The second-order valence-corrected chi connectivity index (χ2v) is 6.36. The monoisotopic (exact) mass is 369 g/mol. The molecule has 0 saturated carbocycles. The zero-order valence-electron chi connectivity index (χ0n) is 14.8. The van der Waals surface area contributed by atoms with E-state index in [2.05, 4.69) is 0 Å². The van der Waals surface area contributed by atoms with Crippen LogP contribution < -0.4 is 5.73 Å². The third kappa shape index (κ3) is 3.89. The summed E-state index contributed by atoms with van der Waals surface area (Å²) in [6.45, 7) is 2.50. The Morgan fingerprint density at radius 2 is 1.93 bits per heavy atom. The van der Waals surface area contributed by atoms with Gasteiger partial charge in [-0.2, -0.15) is 0 Å². The molecule has 0 saturated heterocycles. The summed E-state index contributed by atoms with van der Waals surface area (Å²) in [5, 5.41) is 10.9. The molecule has 2 aromatic carbocycles. The fourth-order valence-corrected chi connectivity index (χ4v) is 3.05. The van der Waals surface area contributed by atoms with Crippen molar-refractivity contribution in [3.63, 3.8) is 0 Å².